The fourth-order valence-corrected chi connectivity index (χ4v) is 4.84. The molecule has 8 heteroatoms. The summed E-state index contributed by atoms with van der Waals surface area (Å²) in [7, 11) is 0. The molecule has 2 aliphatic rings. The van der Waals surface area contributed by atoms with Gasteiger partial charge in [0.15, 0.2) is 10.8 Å². The minimum atomic E-state index is 0.469. The minimum Gasteiger partial charge on any atom is -0.431 e. The maximum absolute atomic E-state index is 5.98. The molecule has 0 bridgehead atoms. The Bertz CT molecular complexity index is 731. The van der Waals surface area contributed by atoms with E-state index in [2.05, 4.69) is 14.9 Å². The zero-order valence-electron chi connectivity index (χ0n) is 12.4. The first kappa shape index (κ1) is 15.6. The van der Waals surface area contributed by atoms with Gasteiger partial charge >= 0.3 is 0 Å². The molecule has 1 aromatic carbocycles. The third kappa shape index (κ3) is 3.63. The first-order valence-corrected chi connectivity index (χ1v) is 9.75. The molecule has 0 unspecified atom stereocenters. The molecule has 1 aromatic heterocycles. The molecule has 2 aromatic rings. The number of halogens is 1. The smallest absolute Gasteiger partial charge is 0.256 e. The predicted octanol–water partition coefficient (Wildman–Crippen LogP) is 3.38. The summed E-state index contributed by atoms with van der Waals surface area (Å²) in [5.41, 5.74) is 1.59. The van der Waals surface area contributed by atoms with Crippen molar-refractivity contribution in [1.29, 1.82) is 0 Å². The second-order valence-corrected chi connectivity index (χ2v) is 8.04. The average molecular weight is 370 g/mol. The highest BCUT2D eigenvalue weighted by atomic mass is 35.5. The first-order chi connectivity index (χ1) is 11.3. The quantitative estimate of drug-likeness (QED) is 0.773. The number of thioether (sulfide) groups is 2. The predicted molar refractivity (Wildman–Crippen MR) is 95.8 cm³/mol. The summed E-state index contributed by atoms with van der Waals surface area (Å²) < 4.78 is 11.1. The zero-order chi connectivity index (χ0) is 15.6. The SMILES string of the molecule is Clc1ccc2oc(SC[C@@H]3CN=C(N4CCOCC4)S3)nc2c1. The van der Waals surface area contributed by atoms with Crippen molar-refractivity contribution in [2.24, 2.45) is 4.99 Å². The number of oxazole rings is 1. The summed E-state index contributed by atoms with van der Waals surface area (Å²) in [6, 6.07) is 5.51. The number of rotatable bonds is 3. The van der Waals surface area contributed by atoms with Gasteiger partial charge in [0.25, 0.3) is 5.22 Å². The Kier molecular flexibility index (Phi) is 4.71. The van der Waals surface area contributed by atoms with Crippen LogP contribution in [0.4, 0.5) is 0 Å². The number of morpholine rings is 1. The van der Waals surface area contributed by atoms with E-state index >= 15 is 0 Å². The summed E-state index contributed by atoms with van der Waals surface area (Å²) in [6.07, 6.45) is 0. The van der Waals surface area contributed by atoms with Gasteiger partial charge in [-0.3, -0.25) is 4.99 Å². The number of benzene rings is 1. The third-order valence-corrected chi connectivity index (χ3v) is 6.39. The molecule has 23 heavy (non-hydrogen) atoms. The van der Waals surface area contributed by atoms with E-state index in [0.717, 1.165) is 54.9 Å². The second kappa shape index (κ2) is 6.93. The molecule has 0 N–H and O–H groups in total. The zero-order valence-corrected chi connectivity index (χ0v) is 14.8. The molecule has 0 radical (unpaired) electrons. The largest absolute Gasteiger partial charge is 0.431 e. The molecule has 5 nitrogen and oxygen atoms in total. The van der Waals surface area contributed by atoms with E-state index in [9.17, 15) is 0 Å². The van der Waals surface area contributed by atoms with Crippen LogP contribution in [0.25, 0.3) is 11.1 Å². The second-order valence-electron chi connectivity index (χ2n) is 5.37. The topological polar surface area (TPSA) is 50.9 Å². The monoisotopic (exact) mass is 369 g/mol. The van der Waals surface area contributed by atoms with E-state index in [0.29, 0.717) is 15.5 Å². The van der Waals surface area contributed by atoms with Crippen LogP contribution >= 0.6 is 35.1 Å². The van der Waals surface area contributed by atoms with Crippen molar-refractivity contribution in [3.05, 3.63) is 23.2 Å². The van der Waals surface area contributed by atoms with Crippen LogP contribution in [0, 0.1) is 0 Å². The lowest BCUT2D eigenvalue weighted by Crippen LogP contribution is -2.39. The Hall–Kier alpha value is -0.890. The molecular formula is C15H16ClN3O2S2. The number of amidine groups is 1. The maximum Gasteiger partial charge on any atom is 0.256 e. The maximum atomic E-state index is 5.98. The van der Waals surface area contributed by atoms with E-state index in [-0.39, 0.29) is 0 Å². The Morgan fingerprint density at radius 2 is 2.22 bits per heavy atom. The average Bonchev–Trinajstić information content (AvgIpc) is 3.20. The fourth-order valence-electron chi connectivity index (χ4n) is 2.52. The lowest BCUT2D eigenvalue weighted by Gasteiger charge is -2.28. The normalized spacial score (nSPS) is 21.9. The number of hydrogen-bond donors (Lipinski definition) is 0. The van der Waals surface area contributed by atoms with E-state index in [1.54, 1.807) is 11.8 Å². The van der Waals surface area contributed by atoms with Crippen LogP contribution in [0.5, 0.6) is 0 Å². The van der Waals surface area contributed by atoms with Crippen LogP contribution in [-0.4, -0.2) is 58.9 Å². The van der Waals surface area contributed by atoms with Gasteiger partial charge in [-0.1, -0.05) is 35.1 Å². The molecule has 0 saturated carbocycles. The molecule has 3 heterocycles. The molecular weight excluding hydrogens is 354 g/mol. The van der Waals surface area contributed by atoms with Crippen molar-refractivity contribution in [3.63, 3.8) is 0 Å². The molecule has 1 atom stereocenters. The van der Waals surface area contributed by atoms with Gasteiger partial charge < -0.3 is 14.1 Å². The Morgan fingerprint density at radius 3 is 3.09 bits per heavy atom. The van der Waals surface area contributed by atoms with Crippen molar-refractivity contribution in [1.82, 2.24) is 9.88 Å². The van der Waals surface area contributed by atoms with Gasteiger partial charge in [0.2, 0.25) is 0 Å². The molecule has 1 fully saturated rings. The number of aromatic nitrogens is 1. The van der Waals surface area contributed by atoms with Gasteiger partial charge in [-0.05, 0) is 18.2 Å². The van der Waals surface area contributed by atoms with Crippen LogP contribution in [0.2, 0.25) is 5.02 Å². The third-order valence-electron chi connectivity index (χ3n) is 3.71. The Morgan fingerprint density at radius 1 is 1.35 bits per heavy atom. The van der Waals surface area contributed by atoms with E-state index < -0.39 is 0 Å². The van der Waals surface area contributed by atoms with Gasteiger partial charge in [0, 0.05) is 29.1 Å². The van der Waals surface area contributed by atoms with Gasteiger partial charge in [0.1, 0.15) is 5.52 Å². The Balaban J connectivity index is 1.32. The highest BCUT2D eigenvalue weighted by Gasteiger charge is 2.25. The fraction of sp³-hybridized carbons (Fsp3) is 0.467. The molecule has 2 aliphatic heterocycles. The molecule has 0 spiro atoms. The summed E-state index contributed by atoms with van der Waals surface area (Å²) in [4.78, 5) is 11.5. The molecule has 1 saturated heterocycles. The van der Waals surface area contributed by atoms with Crippen LogP contribution in [-0.2, 0) is 4.74 Å². The lowest BCUT2D eigenvalue weighted by molar-refractivity contribution is 0.0693. The van der Waals surface area contributed by atoms with Gasteiger partial charge in [-0.15, -0.1) is 0 Å². The Labute approximate surface area is 147 Å². The summed E-state index contributed by atoms with van der Waals surface area (Å²) in [5.74, 6) is 0.933. The van der Waals surface area contributed by atoms with Crippen molar-refractivity contribution < 1.29 is 9.15 Å². The van der Waals surface area contributed by atoms with Crippen LogP contribution < -0.4 is 0 Å². The molecule has 122 valence electrons. The van der Waals surface area contributed by atoms with E-state index in [4.69, 9.17) is 20.8 Å². The van der Waals surface area contributed by atoms with Gasteiger partial charge in [-0.2, -0.15) is 0 Å². The number of hydrogen-bond acceptors (Lipinski definition) is 7. The number of fused-ring (bicyclic) bond motifs is 1. The summed E-state index contributed by atoms with van der Waals surface area (Å²) >= 11 is 9.47. The number of aliphatic imine (C=N–C) groups is 1. The molecule has 0 aliphatic carbocycles. The van der Waals surface area contributed by atoms with Crippen molar-refractivity contribution in [2.45, 2.75) is 10.5 Å². The first-order valence-electron chi connectivity index (χ1n) is 7.50. The number of nitrogens with zero attached hydrogens (tertiary/aromatic N) is 3. The van der Waals surface area contributed by atoms with E-state index in [1.807, 2.05) is 30.0 Å². The van der Waals surface area contributed by atoms with Gasteiger partial charge in [0.05, 0.1) is 19.8 Å². The lowest BCUT2D eigenvalue weighted by atomic mass is 10.3. The molecule has 0 amide bonds. The highest BCUT2D eigenvalue weighted by molar-refractivity contribution is 8.15. The van der Waals surface area contributed by atoms with Crippen LogP contribution in [0.15, 0.2) is 32.8 Å². The highest BCUT2D eigenvalue weighted by Crippen LogP contribution is 2.31. The summed E-state index contributed by atoms with van der Waals surface area (Å²) in [5, 5.41) is 3.00. The van der Waals surface area contributed by atoms with Crippen LogP contribution in [0.3, 0.4) is 0 Å². The summed E-state index contributed by atoms with van der Waals surface area (Å²) in [6.45, 7) is 4.33. The van der Waals surface area contributed by atoms with Crippen LogP contribution in [0.1, 0.15) is 0 Å². The van der Waals surface area contributed by atoms with Gasteiger partial charge in [-0.25, -0.2) is 4.98 Å². The van der Waals surface area contributed by atoms with Crippen molar-refractivity contribution in [3.8, 4) is 0 Å². The molecule has 4 rings (SSSR count). The minimum absolute atomic E-state index is 0.469. The van der Waals surface area contributed by atoms with E-state index in [1.165, 1.54) is 0 Å². The van der Waals surface area contributed by atoms with Crippen molar-refractivity contribution in [2.75, 3.05) is 38.6 Å². The standard InChI is InChI=1S/C15H16ClN3O2S2/c16-10-1-2-13-12(7-10)18-15(21-13)22-9-11-8-17-14(23-11)19-3-5-20-6-4-19/h1-2,7,11H,3-6,8-9H2/t11-/m0/s1. The number of ether oxygens (including phenoxy) is 1. The van der Waals surface area contributed by atoms with Crippen molar-refractivity contribution >= 4 is 51.4 Å².